The standard InChI is InChI=1S/C8H9BrN2S/c9-6-4-7-8(11-5-6)12-3-1-2-10-7/h4-5,10H,1-3H2. The second kappa shape index (κ2) is 3.66. The minimum Gasteiger partial charge on any atom is -0.383 e. The van der Waals surface area contributed by atoms with E-state index in [9.17, 15) is 0 Å². The van der Waals surface area contributed by atoms with Gasteiger partial charge in [0.2, 0.25) is 0 Å². The van der Waals surface area contributed by atoms with Crippen molar-refractivity contribution in [1.82, 2.24) is 4.98 Å². The Balaban J connectivity index is 2.36. The van der Waals surface area contributed by atoms with Crippen LogP contribution in [0.1, 0.15) is 6.42 Å². The van der Waals surface area contributed by atoms with Crippen LogP contribution in [0.25, 0.3) is 0 Å². The van der Waals surface area contributed by atoms with Gasteiger partial charge in [-0.1, -0.05) is 0 Å². The van der Waals surface area contributed by atoms with Gasteiger partial charge in [0.1, 0.15) is 5.03 Å². The molecule has 2 rings (SSSR count). The average Bonchev–Trinajstić information content (AvgIpc) is 2.28. The van der Waals surface area contributed by atoms with Crippen LogP contribution in [0.5, 0.6) is 0 Å². The third-order valence-electron chi connectivity index (χ3n) is 1.69. The fourth-order valence-corrected chi connectivity index (χ4v) is 2.36. The first-order valence-corrected chi connectivity index (χ1v) is 5.66. The van der Waals surface area contributed by atoms with Crippen LogP contribution in [0, 0.1) is 0 Å². The second-order valence-electron chi connectivity index (χ2n) is 2.64. The smallest absolute Gasteiger partial charge is 0.119 e. The molecule has 1 aromatic heterocycles. The Morgan fingerprint density at radius 1 is 1.58 bits per heavy atom. The Labute approximate surface area is 84.3 Å². The van der Waals surface area contributed by atoms with E-state index < -0.39 is 0 Å². The van der Waals surface area contributed by atoms with Gasteiger partial charge in [0.25, 0.3) is 0 Å². The van der Waals surface area contributed by atoms with Gasteiger partial charge in [-0.05, 0) is 28.4 Å². The van der Waals surface area contributed by atoms with Crippen molar-refractivity contribution in [2.75, 3.05) is 17.6 Å². The highest BCUT2D eigenvalue weighted by Crippen LogP contribution is 2.29. The van der Waals surface area contributed by atoms with E-state index in [4.69, 9.17) is 0 Å². The molecule has 1 aliphatic heterocycles. The molecule has 1 N–H and O–H groups in total. The Morgan fingerprint density at radius 3 is 3.42 bits per heavy atom. The predicted octanol–water partition coefficient (Wildman–Crippen LogP) is 2.75. The minimum absolute atomic E-state index is 1.04. The van der Waals surface area contributed by atoms with Gasteiger partial charge in [0.15, 0.2) is 0 Å². The molecule has 2 nitrogen and oxygen atoms in total. The number of hydrogen-bond acceptors (Lipinski definition) is 3. The number of rotatable bonds is 0. The largest absolute Gasteiger partial charge is 0.383 e. The third kappa shape index (κ3) is 1.75. The van der Waals surface area contributed by atoms with Crippen LogP contribution >= 0.6 is 27.7 Å². The molecule has 64 valence electrons. The highest BCUT2D eigenvalue weighted by Gasteiger charge is 2.08. The number of nitrogens with zero attached hydrogens (tertiary/aromatic N) is 1. The van der Waals surface area contributed by atoms with Crippen LogP contribution < -0.4 is 5.32 Å². The number of hydrogen-bond donors (Lipinski definition) is 1. The molecule has 0 bridgehead atoms. The van der Waals surface area contributed by atoms with E-state index >= 15 is 0 Å². The molecule has 1 aromatic rings. The molecule has 0 aliphatic carbocycles. The number of nitrogens with one attached hydrogen (secondary N) is 1. The molecule has 0 saturated carbocycles. The monoisotopic (exact) mass is 244 g/mol. The molecule has 4 heteroatoms. The zero-order chi connectivity index (χ0) is 8.39. The molecule has 12 heavy (non-hydrogen) atoms. The molecule has 0 atom stereocenters. The average molecular weight is 245 g/mol. The summed E-state index contributed by atoms with van der Waals surface area (Å²) in [5.74, 6) is 1.16. The molecule has 0 fully saturated rings. The van der Waals surface area contributed by atoms with Gasteiger partial charge in [-0.25, -0.2) is 4.98 Å². The summed E-state index contributed by atoms with van der Waals surface area (Å²) < 4.78 is 1.04. The number of anilines is 1. The SMILES string of the molecule is Brc1cnc2c(c1)NCCCS2. The van der Waals surface area contributed by atoms with Gasteiger partial charge in [-0.3, -0.25) is 0 Å². The summed E-state index contributed by atoms with van der Waals surface area (Å²) in [5, 5.41) is 4.47. The summed E-state index contributed by atoms with van der Waals surface area (Å²) in [5.41, 5.74) is 1.16. The fraction of sp³-hybridized carbons (Fsp3) is 0.375. The van der Waals surface area contributed by atoms with E-state index in [0.717, 1.165) is 27.5 Å². The van der Waals surface area contributed by atoms with Gasteiger partial charge >= 0.3 is 0 Å². The van der Waals surface area contributed by atoms with Crippen molar-refractivity contribution in [1.29, 1.82) is 0 Å². The zero-order valence-corrected chi connectivity index (χ0v) is 8.91. The van der Waals surface area contributed by atoms with Crippen molar-refractivity contribution in [3.8, 4) is 0 Å². The lowest BCUT2D eigenvalue weighted by molar-refractivity contribution is 0.996. The molecular weight excluding hydrogens is 236 g/mol. The first kappa shape index (κ1) is 8.38. The van der Waals surface area contributed by atoms with E-state index in [0.29, 0.717) is 0 Å². The zero-order valence-electron chi connectivity index (χ0n) is 6.51. The molecule has 0 aromatic carbocycles. The molecule has 1 aliphatic rings. The second-order valence-corrected chi connectivity index (χ2v) is 4.63. The van der Waals surface area contributed by atoms with Crippen LogP contribution in [0.3, 0.4) is 0 Å². The summed E-state index contributed by atoms with van der Waals surface area (Å²) >= 11 is 5.23. The topological polar surface area (TPSA) is 24.9 Å². The van der Waals surface area contributed by atoms with Crippen LogP contribution in [-0.2, 0) is 0 Å². The first-order valence-electron chi connectivity index (χ1n) is 3.88. The van der Waals surface area contributed by atoms with E-state index in [1.807, 2.05) is 18.0 Å². The lowest BCUT2D eigenvalue weighted by Crippen LogP contribution is -2.00. The molecule has 0 unspecified atom stereocenters. The summed E-state index contributed by atoms with van der Waals surface area (Å²) in [6.45, 7) is 1.05. The lowest BCUT2D eigenvalue weighted by atomic mass is 10.4. The van der Waals surface area contributed by atoms with Crippen molar-refractivity contribution in [3.63, 3.8) is 0 Å². The fourth-order valence-electron chi connectivity index (χ4n) is 1.13. The van der Waals surface area contributed by atoms with E-state index in [2.05, 4.69) is 32.3 Å². The van der Waals surface area contributed by atoms with Crippen molar-refractivity contribution >= 4 is 33.4 Å². The van der Waals surface area contributed by atoms with Gasteiger partial charge in [-0.15, -0.1) is 11.8 Å². The highest BCUT2D eigenvalue weighted by atomic mass is 79.9. The van der Waals surface area contributed by atoms with Crippen LogP contribution in [0.15, 0.2) is 21.8 Å². The Bertz CT molecular complexity index is 290. The van der Waals surface area contributed by atoms with Crippen molar-refractivity contribution in [2.24, 2.45) is 0 Å². The summed E-state index contributed by atoms with van der Waals surface area (Å²) in [7, 11) is 0. The maximum atomic E-state index is 4.33. The molecule has 0 spiro atoms. The number of halogens is 1. The summed E-state index contributed by atoms with van der Waals surface area (Å²) in [4.78, 5) is 4.33. The van der Waals surface area contributed by atoms with E-state index in [1.54, 1.807) is 0 Å². The number of fused-ring (bicyclic) bond motifs is 1. The summed E-state index contributed by atoms with van der Waals surface area (Å²) in [6.07, 6.45) is 3.05. The number of pyridine rings is 1. The molecule has 0 radical (unpaired) electrons. The Hall–Kier alpha value is -0.220. The highest BCUT2D eigenvalue weighted by molar-refractivity contribution is 9.10. The third-order valence-corrected chi connectivity index (χ3v) is 3.22. The first-order chi connectivity index (χ1) is 5.86. The predicted molar refractivity (Wildman–Crippen MR) is 55.8 cm³/mol. The maximum absolute atomic E-state index is 4.33. The van der Waals surface area contributed by atoms with Crippen molar-refractivity contribution in [3.05, 3.63) is 16.7 Å². The maximum Gasteiger partial charge on any atom is 0.119 e. The Kier molecular flexibility index (Phi) is 2.56. The normalized spacial score (nSPS) is 16.1. The van der Waals surface area contributed by atoms with Crippen LogP contribution in [0.4, 0.5) is 5.69 Å². The molecular formula is C8H9BrN2S. The Morgan fingerprint density at radius 2 is 2.50 bits per heavy atom. The number of thioether (sulfide) groups is 1. The van der Waals surface area contributed by atoms with Gasteiger partial charge in [0, 0.05) is 23.0 Å². The van der Waals surface area contributed by atoms with Crippen LogP contribution in [-0.4, -0.2) is 17.3 Å². The van der Waals surface area contributed by atoms with E-state index in [1.165, 1.54) is 6.42 Å². The van der Waals surface area contributed by atoms with Gasteiger partial charge in [0.05, 0.1) is 5.69 Å². The number of aromatic nitrogens is 1. The minimum atomic E-state index is 1.04. The molecule has 0 amide bonds. The molecule has 0 saturated heterocycles. The van der Waals surface area contributed by atoms with Crippen LogP contribution in [0.2, 0.25) is 0 Å². The van der Waals surface area contributed by atoms with Gasteiger partial charge in [-0.2, -0.15) is 0 Å². The molecule has 2 heterocycles. The van der Waals surface area contributed by atoms with E-state index in [-0.39, 0.29) is 0 Å². The summed E-state index contributed by atoms with van der Waals surface area (Å²) in [6, 6.07) is 2.08. The lowest BCUT2D eigenvalue weighted by Gasteiger charge is -2.04. The van der Waals surface area contributed by atoms with Gasteiger partial charge < -0.3 is 5.32 Å². The van der Waals surface area contributed by atoms with Crippen molar-refractivity contribution < 1.29 is 0 Å². The van der Waals surface area contributed by atoms with Crippen molar-refractivity contribution in [2.45, 2.75) is 11.4 Å². The quantitative estimate of drug-likeness (QED) is 0.760.